The summed E-state index contributed by atoms with van der Waals surface area (Å²) in [5, 5.41) is 0. The number of hydrogen-bond donors (Lipinski definition) is 0. The van der Waals surface area contributed by atoms with Crippen molar-refractivity contribution in [2.24, 2.45) is 0 Å². The van der Waals surface area contributed by atoms with Gasteiger partial charge in [0.05, 0.1) is 5.69 Å². The van der Waals surface area contributed by atoms with Gasteiger partial charge in [0, 0.05) is 22.3 Å². The van der Waals surface area contributed by atoms with Gasteiger partial charge in [0.25, 0.3) is 0 Å². The molecule has 2 aromatic heterocycles. The van der Waals surface area contributed by atoms with Gasteiger partial charge in [-0.3, -0.25) is 4.40 Å². The zero-order chi connectivity index (χ0) is 11.2. The van der Waals surface area contributed by atoms with E-state index in [1.165, 1.54) is 35.4 Å². The monoisotopic (exact) mass is 240 g/mol. The lowest BCUT2D eigenvalue weighted by molar-refractivity contribution is 0.888. The maximum Gasteiger partial charge on any atom is 0.194 e. The highest BCUT2D eigenvalue weighted by molar-refractivity contribution is 7.17. The molecular formula is C14H12N2S. The van der Waals surface area contributed by atoms with Crippen LogP contribution in [0.4, 0.5) is 0 Å². The highest BCUT2D eigenvalue weighted by Crippen LogP contribution is 2.32. The Bertz CT molecular complexity index is 679. The Morgan fingerprint density at radius 1 is 1.12 bits per heavy atom. The molecule has 0 saturated carbocycles. The summed E-state index contributed by atoms with van der Waals surface area (Å²) >= 11 is 1.85. The molecule has 1 aromatic carbocycles. The maximum absolute atomic E-state index is 4.73. The third kappa shape index (κ3) is 1.35. The summed E-state index contributed by atoms with van der Waals surface area (Å²) in [5.41, 5.74) is 3.78. The second-order valence-electron chi connectivity index (χ2n) is 4.47. The molecule has 0 N–H and O–H groups in total. The topological polar surface area (TPSA) is 17.3 Å². The number of aromatic nitrogens is 2. The molecule has 0 atom stereocenters. The van der Waals surface area contributed by atoms with E-state index in [1.54, 1.807) is 0 Å². The number of imidazole rings is 1. The zero-order valence-electron chi connectivity index (χ0n) is 9.39. The summed E-state index contributed by atoms with van der Waals surface area (Å²) in [6.45, 7) is 0. The van der Waals surface area contributed by atoms with E-state index in [9.17, 15) is 0 Å². The Hall–Kier alpha value is -1.61. The molecule has 0 saturated heterocycles. The van der Waals surface area contributed by atoms with Crippen LogP contribution in [0.5, 0.6) is 0 Å². The van der Waals surface area contributed by atoms with Crippen molar-refractivity contribution in [2.75, 3.05) is 0 Å². The summed E-state index contributed by atoms with van der Waals surface area (Å²) < 4.78 is 2.29. The molecule has 1 aliphatic rings. The van der Waals surface area contributed by atoms with Crippen LogP contribution in [0.15, 0.2) is 36.5 Å². The van der Waals surface area contributed by atoms with E-state index in [1.807, 2.05) is 17.4 Å². The van der Waals surface area contributed by atoms with Crippen LogP contribution >= 0.6 is 11.3 Å². The van der Waals surface area contributed by atoms with Gasteiger partial charge in [-0.05, 0) is 19.3 Å². The lowest BCUT2D eigenvalue weighted by Gasteiger charge is -1.94. The number of benzene rings is 1. The predicted octanol–water partition coefficient (Wildman–Crippen LogP) is 3.55. The molecule has 0 unspecified atom stereocenters. The van der Waals surface area contributed by atoms with Gasteiger partial charge in [0.2, 0.25) is 0 Å². The van der Waals surface area contributed by atoms with E-state index in [0.29, 0.717) is 0 Å². The summed E-state index contributed by atoms with van der Waals surface area (Å²) in [7, 11) is 0. The summed E-state index contributed by atoms with van der Waals surface area (Å²) in [4.78, 5) is 7.41. The summed E-state index contributed by atoms with van der Waals surface area (Å²) in [5.74, 6) is 0. The highest BCUT2D eigenvalue weighted by atomic mass is 32.1. The van der Waals surface area contributed by atoms with E-state index in [-0.39, 0.29) is 0 Å². The predicted molar refractivity (Wildman–Crippen MR) is 70.5 cm³/mol. The van der Waals surface area contributed by atoms with Gasteiger partial charge < -0.3 is 0 Å². The van der Waals surface area contributed by atoms with Gasteiger partial charge >= 0.3 is 0 Å². The molecule has 1 aliphatic carbocycles. The quantitative estimate of drug-likeness (QED) is 0.636. The molecule has 3 aromatic rings. The normalized spacial score (nSPS) is 14.4. The third-order valence-corrected chi connectivity index (χ3v) is 4.54. The molecule has 0 aliphatic heterocycles. The first-order valence-electron chi connectivity index (χ1n) is 5.97. The van der Waals surface area contributed by atoms with Crippen LogP contribution in [0.1, 0.15) is 17.0 Å². The SMILES string of the molecule is c1ccc(-c2cn3c4c(sc3n2)CCC4)cc1. The van der Waals surface area contributed by atoms with Crippen molar-refractivity contribution in [1.82, 2.24) is 9.38 Å². The van der Waals surface area contributed by atoms with Crippen molar-refractivity contribution < 1.29 is 0 Å². The number of rotatable bonds is 1. The van der Waals surface area contributed by atoms with E-state index in [4.69, 9.17) is 4.98 Å². The average molecular weight is 240 g/mol. The van der Waals surface area contributed by atoms with Crippen LogP contribution in [-0.4, -0.2) is 9.38 Å². The number of nitrogens with zero attached hydrogens (tertiary/aromatic N) is 2. The number of aryl methyl sites for hydroxylation is 2. The minimum atomic E-state index is 1.09. The Labute approximate surface area is 104 Å². The molecule has 0 fully saturated rings. The van der Waals surface area contributed by atoms with Crippen molar-refractivity contribution >= 4 is 16.3 Å². The van der Waals surface area contributed by atoms with Gasteiger partial charge in [-0.1, -0.05) is 30.3 Å². The van der Waals surface area contributed by atoms with Crippen molar-refractivity contribution in [3.63, 3.8) is 0 Å². The Balaban J connectivity index is 1.91. The molecule has 84 valence electrons. The first kappa shape index (κ1) is 9.42. The third-order valence-electron chi connectivity index (χ3n) is 3.39. The number of hydrogen-bond acceptors (Lipinski definition) is 2. The van der Waals surface area contributed by atoms with Gasteiger partial charge in [-0.25, -0.2) is 4.98 Å². The van der Waals surface area contributed by atoms with Crippen LogP contribution in [0.2, 0.25) is 0 Å². The van der Waals surface area contributed by atoms with Crippen LogP contribution < -0.4 is 0 Å². The van der Waals surface area contributed by atoms with Gasteiger partial charge in [-0.2, -0.15) is 0 Å². The lowest BCUT2D eigenvalue weighted by atomic mass is 10.2. The standard InChI is InChI=1S/C14H12N2S/c1-2-5-10(6-3-1)11-9-16-12-7-4-8-13(12)17-14(16)15-11/h1-3,5-6,9H,4,7-8H2. The smallest absolute Gasteiger partial charge is 0.194 e. The van der Waals surface area contributed by atoms with Crippen LogP contribution in [0, 0.1) is 0 Å². The number of thiazole rings is 1. The largest absolute Gasteiger partial charge is 0.294 e. The minimum Gasteiger partial charge on any atom is -0.294 e. The molecule has 0 amide bonds. The molecule has 0 bridgehead atoms. The fourth-order valence-corrected chi connectivity index (χ4v) is 3.74. The van der Waals surface area contributed by atoms with Crippen molar-refractivity contribution in [3.05, 3.63) is 47.1 Å². The molecule has 0 spiro atoms. The first-order chi connectivity index (χ1) is 8.42. The Morgan fingerprint density at radius 3 is 2.88 bits per heavy atom. The van der Waals surface area contributed by atoms with Crippen molar-refractivity contribution in [2.45, 2.75) is 19.3 Å². The van der Waals surface area contributed by atoms with Crippen molar-refractivity contribution in [1.29, 1.82) is 0 Å². The maximum atomic E-state index is 4.73. The fourth-order valence-electron chi connectivity index (χ4n) is 2.55. The zero-order valence-corrected chi connectivity index (χ0v) is 10.2. The molecule has 2 nitrogen and oxygen atoms in total. The molecule has 0 radical (unpaired) electrons. The van der Waals surface area contributed by atoms with Gasteiger partial charge in [-0.15, -0.1) is 11.3 Å². The second kappa shape index (κ2) is 3.44. The summed E-state index contributed by atoms with van der Waals surface area (Å²) in [6.07, 6.45) is 5.94. The summed E-state index contributed by atoms with van der Waals surface area (Å²) in [6, 6.07) is 10.4. The van der Waals surface area contributed by atoms with E-state index >= 15 is 0 Å². The van der Waals surface area contributed by atoms with Gasteiger partial charge in [0.15, 0.2) is 4.96 Å². The molecule has 2 heterocycles. The lowest BCUT2D eigenvalue weighted by Crippen LogP contribution is -1.85. The Kier molecular flexibility index (Phi) is 1.91. The minimum absolute atomic E-state index is 1.09. The van der Waals surface area contributed by atoms with Gasteiger partial charge in [0.1, 0.15) is 0 Å². The average Bonchev–Trinajstić information content (AvgIpc) is 3.00. The molecule has 17 heavy (non-hydrogen) atoms. The van der Waals surface area contributed by atoms with E-state index in [2.05, 4.69) is 34.9 Å². The van der Waals surface area contributed by atoms with E-state index < -0.39 is 0 Å². The Morgan fingerprint density at radius 2 is 2.00 bits per heavy atom. The number of fused-ring (bicyclic) bond motifs is 3. The van der Waals surface area contributed by atoms with Crippen LogP contribution in [0.25, 0.3) is 16.2 Å². The molecule has 4 rings (SSSR count). The van der Waals surface area contributed by atoms with Crippen LogP contribution in [0.3, 0.4) is 0 Å². The van der Waals surface area contributed by atoms with Crippen molar-refractivity contribution in [3.8, 4) is 11.3 Å². The molecular weight excluding hydrogens is 228 g/mol. The first-order valence-corrected chi connectivity index (χ1v) is 6.78. The molecule has 3 heteroatoms. The second-order valence-corrected chi connectivity index (χ2v) is 5.53. The van der Waals surface area contributed by atoms with Crippen LogP contribution in [-0.2, 0) is 12.8 Å². The van der Waals surface area contributed by atoms with E-state index in [0.717, 1.165) is 10.7 Å². The highest BCUT2D eigenvalue weighted by Gasteiger charge is 2.19. The fraction of sp³-hybridized carbons (Fsp3) is 0.214.